The number of hydrogen-bond donors (Lipinski definition) is 2. The molecule has 0 fully saturated rings. The Morgan fingerprint density at radius 2 is 1.81 bits per heavy atom. The Balaban J connectivity index is 1.57. The fraction of sp³-hybridized carbons (Fsp3) is 0.318. The highest BCUT2D eigenvalue weighted by atomic mass is 32.2. The van der Waals surface area contributed by atoms with E-state index in [1.165, 1.54) is 4.90 Å². The molecule has 3 aromatic rings. The number of para-hydroxylation sites is 1. The third-order valence-electron chi connectivity index (χ3n) is 4.96. The van der Waals surface area contributed by atoms with Gasteiger partial charge in [0.2, 0.25) is 15.9 Å². The van der Waals surface area contributed by atoms with Gasteiger partial charge in [-0.1, -0.05) is 38.1 Å². The molecule has 0 radical (unpaired) electrons. The molecule has 0 aliphatic heterocycles. The quantitative estimate of drug-likeness (QED) is 0.556. The van der Waals surface area contributed by atoms with Crippen molar-refractivity contribution in [2.24, 2.45) is 0 Å². The first-order valence-electron chi connectivity index (χ1n) is 9.99. The Kier molecular flexibility index (Phi) is 6.87. The molecule has 1 aromatic heterocycles. The van der Waals surface area contributed by atoms with E-state index in [4.69, 9.17) is 0 Å². The summed E-state index contributed by atoms with van der Waals surface area (Å²) >= 11 is 0. The molecule has 0 aliphatic carbocycles. The maximum atomic E-state index is 12.4. The van der Waals surface area contributed by atoms with Gasteiger partial charge in [0.15, 0.2) is 0 Å². The summed E-state index contributed by atoms with van der Waals surface area (Å²) < 4.78 is 27.3. The molecular weight excluding hydrogens is 416 g/mol. The van der Waals surface area contributed by atoms with Gasteiger partial charge in [0.05, 0.1) is 22.3 Å². The predicted octanol–water partition coefficient (Wildman–Crippen LogP) is 2.37. The molecule has 8 nitrogen and oxygen atoms in total. The zero-order valence-electron chi connectivity index (χ0n) is 17.8. The number of hydrogen-bond acceptors (Lipinski definition) is 5. The van der Waals surface area contributed by atoms with Crippen molar-refractivity contribution in [3.63, 3.8) is 0 Å². The van der Waals surface area contributed by atoms with Crippen molar-refractivity contribution in [2.45, 2.75) is 37.6 Å². The van der Waals surface area contributed by atoms with Crippen molar-refractivity contribution < 1.29 is 13.2 Å². The Morgan fingerprint density at radius 3 is 2.48 bits per heavy atom. The average Bonchev–Trinajstić information content (AvgIpc) is 2.73. The first-order chi connectivity index (χ1) is 14.7. The lowest BCUT2D eigenvalue weighted by molar-refractivity contribution is -0.130. The second-order valence-corrected chi connectivity index (χ2v) is 9.42. The average molecular weight is 443 g/mol. The van der Waals surface area contributed by atoms with Crippen molar-refractivity contribution >= 4 is 26.8 Å². The summed E-state index contributed by atoms with van der Waals surface area (Å²) in [6.45, 7) is 4.15. The van der Waals surface area contributed by atoms with Gasteiger partial charge in [0.1, 0.15) is 5.82 Å². The van der Waals surface area contributed by atoms with Crippen molar-refractivity contribution in [1.82, 2.24) is 19.6 Å². The Hall–Kier alpha value is -3.04. The highest BCUT2D eigenvalue weighted by Crippen LogP contribution is 2.17. The lowest BCUT2D eigenvalue weighted by Crippen LogP contribution is -2.32. The third-order valence-corrected chi connectivity index (χ3v) is 6.44. The van der Waals surface area contributed by atoms with Gasteiger partial charge in [-0.05, 0) is 35.7 Å². The van der Waals surface area contributed by atoms with E-state index in [9.17, 15) is 18.0 Å². The van der Waals surface area contributed by atoms with Crippen LogP contribution in [0.5, 0.6) is 0 Å². The first kappa shape index (κ1) is 22.6. The summed E-state index contributed by atoms with van der Waals surface area (Å²) in [5.41, 5.74) is 1.34. The van der Waals surface area contributed by atoms with Crippen molar-refractivity contribution in [1.29, 1.82) is 0 Å². The van der Waals surface area contributed by atoms with Gasteiger partial charge in [0.25, 0.3) is 5.56 Å². The molecule has 164 valence electrons. The molecule has 31 heavy (non-hydrogen) atoms. The van der Waals surface area contributed by atoms with Crippen molar-refractivity contribution in [2.75, 3.05) is 13.6 Å². The summed E-state index contributed by atoms with van der Waals surface area (Å²) in [6, 6.07) is 13.7. The number of benzene rings is 2. The lowest BCUT2D eigenvalue weighted by atomic mass is 10.0. The van der Waals surface area contributed by atoms with Gasteiger partial charge in [-0.25, -0.2) is 18.1 Å². The molecule has 0 saturated heterocycles. The van der Waals surface area contributed by atoms with Crippen molar-refractivity contribution in [3.05, 3.63) is 70.3 Å². The molecule has 0 atom stereocenters. The molecule has 1 heterocycles. The minimum absolute atomic E-state index is 0.0162. The molecule has 2 N–H and O–H groups in total. The predicted molar refractivity (Wildman–Crippen MR) is 119 cm³/mol. The molecule has 9 heteroatoms. The van der Waals surface area contributed by atoms with E-state index in [1.807, 2.05) is 13.8 Å². The number of aromatic amines is 1. The van der Waals surface area contributed by atoms with E-state index in [-0.39, 0.29) is 35.9 Å². The number of aromatic nitrogens is 2. The minimum atomic E-state index is -3.69. The zero-order chi connectivity index (χ0) is 22.6. The van der Waals surface area contributed by atoms with Crippen LogP contribution in [-0.4, -0.2) is 42.8 Å². The van der Waals surface area contributed by atoms with Crippen LogP contribution in [0.15, 0.2) is 58.2 Å². The number of fused-ring (bicyclic) bond motifs is 1. The molecular formula is C22H26N4O4S. The normalized spacial score (nSPS) is 11.7. The largest absolute Gasteiger partial charge is 0.338 e. The van der Waals surface area contributed by atoms with E-state index in [0.717, 1.165) is 5.56 Å². The number of carbonyl (C=O) groups excluding carboxylic acids is 1. The summed E-state index contributed by atoms with van der Waals surface area (Å²) in [5.74, 6) is 0.406. The molecule has 0 unspecified atom stereocenters. The van der Waals surface area contributed by atoms with E-state index in [0.29, 0.717) is 22.6 Å². The Morgan fingerprint density at radius 1 is 1.13 bits per heavy atom. The second-order valence-electron chi connectivity index (χ2n) is 7.65. The molecule has 1 amide bonds. The Labute approximate surface area is 181 Å². The fourth-order valence-corrected chi connectivity index (χ4v) is 4.15. The van der Waals surface area contributed by atoms with Gasteiger partial charge in [0, 0.05) is 20.0 Å². The maximum absolute atomic E-state index is 12.4. The van der Waals surface area contributed by atoms with E-state index < -0.39 is 10.0 Å². The number of nitrogens with one attached hydrogen (secondary N) is 2. The van der Waals surface area contributed by atoms with Gasteiger partial charge in [-0.15, -0.1) is 0 Å². The maximum Gasteiger partial charge on any atom is 0.258 e. The summed E-state index contributed by atoms with van der Waals surface area (Å²) in [6.07, 6.45) is -0.0162. The van der Waals surface area contributed by atoms with Crippen LogP contribution >= 0.6 is 0 Å². The van der Waals surface area contributed by atoms with Crippen LogP contribution in [0.1, 0.15) is 37.6 Å². The van der Waals surface area contributed by atoms with Crippen LogP contribution in [-0.2, 0) is 21.4 Å². The van der Waals surface area contributed by atoms with E-state index in [2.05, 4.69) is 14.7 Å². The number of carbonyl (C=O) groups is 1. The molecule has 3 rings (SSSR count). The number of H-pyrrole nitrogens is 1. The third kappa shape index (κ3) is 5.56. The second kappa shape index (κ2) is 9.40. The molecule has 0 saturated carbocycles. The zero-order valence-corrected chi connectivity index (χ0v) is 18.6. The molecule has 0 spiro atoms. The molecule has 0 aliphatic rings. The van der Waals surface area contributed by atoms with Gasteiger partial charge >= 0.3 is 0 Å². The summed E-state index contributed by atoms with van der Waals surface area (Å²) in [7, 11) is -2.11. The number of rotatable bonds is 8. The van der Waals surface area contributed by atoms with Crippen LogP contribution in [0.3, 0.4) is 0 Å². The first-order valence-corrected chi connectivity index (χ1v) is 11.5. The lowest BCUT2D eigenvalue weighted by Gasteiger charge is -2.17. The van der Waals surface area contributed by atoms with E-state index in [1.54, 1.807) is 55.6 Å². The topological polar surface area (TPSA) is 112 Å². The standard InChI is InChI=1S/C22H26N4O4S/c1-15(2)16-8-10-17(11-9-16)31(29,30)23-13-12-21(27)26(3)14-20-24-19-7-5-4-6-18(19)22(28)25-20/h4-11,15,23H,12-14H2,1-3H3,(H,24,25,28). The molecule has 2 aromatic carbocycles. The number of nitrogens with zero attached hydrogens (tertiary/aromatic N) is 2. The minimum Gasteiger partial charge on any atom is -0.338 e. The SMILES string of the molecule is CC(C)c1ccc(S(=O)(=O)NCCC(=O)N(C)Cc2nc3ccccc3c(=O)[nH]2)cc1. The highest BCUT2D eigenvalue weighted by Gasteiger charge is 2.16. The number of amides is 1. The van der Waals surface area contributed by atoms with Gasteiger partial charge in [-0.3, -0.25) is 9.59 Å². The van der Waals surface area contributed by atoms with Crippen LogP contribution in [0, 0.1) is 0 Å². The van der Waals surface area contributed by atoms with Crippen LogP contribution in [0.4, 0.5) is 0 Å². The van der Waals surface area contributed by atoms with Gasteiger partial charge in [-0.2, -0.15) is 0 Å². The molecule has 0 bridgehead atoms. The smallest absolute Gasteiger partial charge is 0.258 e. The van der Waals surface area contributed by atoms with Crippen molar-refractivity contribution in [3.8, 4) is 0 Å². The highest BCUT2D eigenvalue weighted by molar-refractivity contribution is 7.89. The number of sulfonamides is 1. The monoisotopic (exact) mass is 442 g/mol. The Bertz CT molecular complexity index is 1230. The van der Waals surface area contributed by atoms with E-state index >= 15 is 0 Å². The van der Waals surface area contributed by atoms with Gasteiger partial charge < -0.3 is 9.88 Å². The summed E-state index contributed by atoms with van der Waals surface area (Å²) in [4.78, 5) is 33.2. The van der Waals surface area contributed by atoms with Crippen LogP contribution < -0.4 is 10.3 Å². The van der Waals surface area contributed by atoms with Crippen LogP contribution in [0.25, 0.3) is 10.9 Å². The summed E-state index contributed by atoms with van der Waals surface area (Å²) in [5, 5.41) is 0.482. The van der Waals surface area contributed by atoms with Crippen LogP contribution in [0.2, 0.25) is 0 Å². The fourth-order valence-electron chi connectivity index (χ4n) is 3.12.